The predicted molar refractivity (Wildman–Crippen MR) is 71.2 cm³/mol. The van der Waals surface area contributed by atoms with Crippen LogP contribution in [0, 0.1) is 12.3 Å². The molecule has 0 bridgehead atoms. The van der Waals surface area contributed by atoms with Crippen LogP contribution < -0.4 is 5.32 Å². The smallest absolute Gasteiger partial charge is 0.230 e. The first-order valence-corrected chi connectivity index (χ1v) is 6.34. The van der Waals surface area contributed by atoms with Gasteiger partial charge in [0.15, 0.2) is 0 Å². The maximum atomic E-state index is 12.0. The summed E-state index contributed by atoms with van der Waals surface area (Å²) in [5, 5.41) is 3.03. The summed E-state index contributed by atoms with van der Waals surface area (Å²) >= 11 is 0. The molecule has 0 spiro atoms. The van der Waals surface area contributed by atoms with Crippen LogP contribution >= 0.6 is 0 Å². The number of rotatable bonds is 3. The fraction of sp³-hybridized carbons (Fsp3) is 0.533. The minimum absolute atomic E-state index is 0.108. The second kappa shape index (κ2) is 4.17. The van der Waals surface area contributed by atoms with Gasteiger partial charge in [-0.15, -0.1) is 0 Å². The third-order valence-corrected chi connectivity index (χ3v) is 3.71. The molecule has 2 rings (SSSR count). The average Bonchev–Trinajstić information content (AvgIpc) is 3.00. The summed E-state index contributed by atoms with van der Waals surface area (Å²) in [6, 6.07) is 6.18. The molecule has 1 N–H and O–H groups in total. The summed E-state index contributed by atoms with van der Waals surface area (Å²) in [5.41, 5.74) is 3.42. The molecule has 1 aliphatic rings. The van der Waals surface area contributed by atoms with Crippen LogP contribution in [0.3, 0.4) is 0 Å². The van der Waals surface area contributed by atoms with E-state index in [1.165, 1.54) is 11.1 Å². The van der Waals surface area contributed by atoms with E-state index in [1.54, 1.807) is 0 Å². The highest BCUT2D eigenvalue weighted by molar-refractivity contribution is 5.96. The van der Waals surface area contributed by atoms with Crippen molar-refractivity contribution in [2.75, 3.05) is 5.32 Å². The van der Waals surface area contributed by atoms with Crippen LogP contribution in [0.15, 0.2) is 18.2 Å². The molecule has 1 amide bonds. The van der Waals surface area contributed by atoms with E-state index < -0.39 is 0 Å². The number of amides is 1. The summed E-state index contributed by atoms with van der Waals surface area (Å²) in [6.45, 7) is 8.50. The maximum Gasteiger partial charge on any atom is 0.230 e. The van der Waals surface area contributed by atoms with E-state index >= 15 is 0 Å². The zero-order chi connectivity index (χ0) is 12.6. The molecule has 2 heteroatoms. The van der Waals surface area contributed by atoms with Crippen molar-refractivity contribution in [3.63, 3.8) is 0 Å². The Labute approximate surface area is 103 Å². The first kappa shape index (κ1) is 12.2. The lowest BCUT2D eigenvalue weighted by Gasteiger charge is -2.14. The van der Waals surface area contributed by atoms with Crippen molar-refractivity contribution in [2.45, 2.75) is 46.5 Å². The molecule has 1 saturated carbocycles. The Morgan fingerprint density at radius 3 is 2.53 bits per heavy atom. The van der Waals surface area contributed by atoms with Gasteiger partial charge in [0, 0.05) is 11.1 Å². The van der Waals surface area contributed by atoms with Crippen molar-refractivity contribution in [1.29, 1.82) is 0 Å². The molecule has 0 aromatic heterocycles. The Kier molecular flexibility index (Phi) is 2.98. The number of hydrogen-bond acceptors (Lipinski definition) is 1. The van der Waals surface area contributed by atoms with Crippen molar-refractivity contribution in [3.8, 4) is 0 Å². The van der Waals surface area contributed by atoms with E-state index in [1.807, 2.05) is 13.0 Å². The molecule has 1 aliphatic carbocycles. The molecule has 2 nitrogen and oxygen atoms in total. The number of aryl methyl sites for hydroxylation is 1. The Bertz CT molecular complexity index is 444. The molecule has 0 atom stereocenters. The van der Waals surface area contributed by atoms with Gasteiger partial charge in [-0.3, -0.25) is 4.79 Å². The molecule has 1 aromatic carbocycles. The van der Waals surface area contributed by atoms with Crippen LogP contribution in [0.25, 0.3) is 0 Å². The minimum atomic E-state index is -0.108. The standard InChI is InChI=1S/C15H21NO/c1-10(2)13-9-12(6-5-11(13)3)16-14(17)15(4)7-8-15/h5-6,9-10H,7-8H2,1-4H3,(H,16,17). The van der Waals surface area contributed by atoms with Crippen LogP contribution in [0.1, 0.15) is 50.7 Å². The van der Waals surface area contributed by atoms with Gasteiger partial charge in [-0.1, -0.05) is 26.8 Å². The topological polar surface area (TPSA) is 29.1 Å². The Morgan fingerprint density at radius 2 is 2.00 bits per heavy atom. The van der Waals surface area contributed by atoms with Crippen molar-refractivity contribution in [2.24, 2.45) is 5.41 Å². The molecule has 0 unspecified atom stereocenters. The van der Waals surface area contributed by atoms with Crippen LogP contribution in [0.5, 0.6) is 0 Å². The van der Waals surface area contributed by atoms with Crippen molar-refractivity contribution in [1.82, 2.24) is 0 Å². The highest BCUT2D eigenvalue weighted by Gasteiger charge is 2.44. The molecule has 1 aromatic rings. The number of carbonyl (C=O) groups excluding carboxylic acids is 1. The second-order valence-electron chi connectivity index (χ2n) is 5.74. The first-order valence-electron chi connectivity index (χ1n) is 6.34. The van der Waals surface area contributed by atoms with Gasteiger partial charge in [0.1, 0.15) is 0 Å². The van der Waals surface area contributed by atoms with Crippen LogP contribution in [-0.2, 0) is 4.79 Å². The van der Waals surface area contributed by atoms with Gasteiger partial charge >= 0.3 is 0 Å². The van der Waals surface area contributed by atoms with Gasteiger partial charge in [0.25, 0.3) is 0 Å². The van der Waals surface area contributed by atoms with Gasteiger partial charge in [-0.25, -0.2) is 0 Å². The van der Waals surface area contributed by atoms with Gasteiger partial charge in [0.2, 0.25) is 5.91 Å². The van der Waals surface area contributed by atoms with Gasteiger partial charge < -0.3 is 5.32 Å². The van der Waals surface area contributed by atoms with Crippen LogP contribution in [0.4, 0.5) is 5.69 Å². The molecule has 0 radical (unpaired) electrons. The number of benzene rings is 1. The minimum Gasteiger partial charge on any atom is -0.326 e. The molecule has 0 aliphatic heterocycles. The van der Waals surface area contributed by atoms with E-state index in [0.29, 0.717) is 5.92 Å². The number of hydrogen-bond donors (Lipinski definition) is 1. The van der Waals surface area contributed by atoms with E-state index in [0.717, 1.165) is 18.5 Å². The zero-order valence-electron chi connectivity index (χ0n) is 11.1. The molecule has 92 valence electrons. The highest BCUT2D eigenvalue weighted by atomic mass is 16.2. The van der Waals surface area contributed by atoms with Gasteiger partial charge in [-0.2, -0.15) is 0 Å². The predicted octanol–water partition coefficient (Wildman–Crippen LogP) is 3.86. The monoisotopic (exact) mass is 231 g/mol. The second-order valence-corrected chi connectivity index (χ2v) is 5.74. The van der Waals surface area contributed by atoms with Crippen LogP contribution in [-0.4, -0.2) is 5.91 Å². The third-order valence-electron chi connectivity index (χ3n) is 3.71. The maximum absolute atomic E-state index is 12.0. The van der Waals surface area contributed by atoms with Crippen molar-refractivity contribution in [3.05, 3.63) is 29.3 Å². The van der Waals surface area contributed by atoms with Crippen LogP contribution in [0.2, 0.25) is 0 Å². The molecule has 0 saturated heterocycles. The van der Waals surface area contributed by atoms with Crippen molar-refractivity contribution >= 4 is 11.6 Å². The Morgan fingerprint density at radius 1 is 1.35 bits per heavy atom. The summed E-state index contributed by atoms with van der Waals surface area (Å²) in [6.07, 6.45) is 2.03. The molecule has 1 fully saturated rings. The molecule has 0 heterocycles. The SMILES string of the molecule is Cc1ccc(NC(=O)C2(C)CC2)cc1C(C)C. The van der Waals surface area contributed by atoms with E-state index in [-0.39, 0.29) is 11.3 Å². The first-order chi connectivity index (χ1) is 7.92. The number of anilines is 1. The van der Waals surface area contributed by atoms with Gasteiger partial charge in [-0.05, 0) is 48.9 Å². The highest BCUT2D eigenvalue weighted by Crippen LogP contribution is 2.45. The molecular weight excluding hydrogens is 210 g/mol. The van der Waals surface area contributed by atoms with Gasteiger partial charge in [0.05, 0.1) is 0 Å². The fourth-order valence-corrected chi connectivity index (χ4v) is 2.04. The lowest BCUT2D eigenvalue weighted by molar-refractivity contribution is -0.120. The van der Waals surface area contributed by atoms with E-state index in [9.17, 15) is 4.79 Å². The zero-order valence-corrected chi connectivity index (χ0v) is 11.1. The number of carbonyl (C=O) groups is 1. The third kappa shape index (κ3) is 2.51. The molecule has 17 heavy (non-hydrogen) atoms. The van der Waals surface area contributed by atoms with E-state index in [2.05, 4.69) is 38.2 Å². The lowest BCUT2D eigenvalue weighted by atomic mass is 9.97. The summed E-state index contributed by atoms with van der Waals surface area (Å²) in [4.78, 5) is 12.0. The summed E-state index contributed by atoms with van der Waals surface area (Å²) < 4.78 is 0. The number of nitrogens with one attached hydrogen (secondary N) is 1. The largest absolute Gasteiger partial charge is 0.326 e. The molecular formula is C15H21NO. The normalized spacial score (nSPS) is 17.0. The Hall–Kier alpha value is -1.31. The van der Waals surface area contributed by atoms with E-state index in [4.69, 9.17) is 0 Å². The Balaban J connectivity index is 2.16. The quantitative estimate of drug-likeness (QED) is 0.841. The summed E-state index contributed by atoms with van der Waals surface area (Å²) in [5.74, 6) is 0.652. The fourth-order valence-electron chi connectivity index (χ4n) is 2.04. The lowest BCUT2D eigenvalue weighted by Crippen LogP contribution is -2.21. The average molecular weight is 231 g/mol. The van der Waals surface area contributed by atoms with Crippen molar-refractivity contribution < 1.29 is 4.79 Å². The summed E-state index contributed by atoms with van der Waals surface area (Å²) in [7, 11) is 0.